The molecule has 1 atom stereocenters. The van der Waals surface area contributed by atoms with Gasteiger partial charge in [-0.15, -0.1) is 0 Å². The van der Waals surface area contributed by atoms with Gasteiger partial charge in [0.2, 0.25) is 5.89 Å². The van der Waals surface area contributed by atoms with Gasteiger partial charge in [-0.1, -0.05) is 37.6 Å². The first-order valence-electron chi connectivity index (χ1n) is 9.04. The Morgan fingerprint density at radius 3 is 2.50 bits per heavy atom. The van der Waals surface area contributed by atoms with Crippen molar-refractivity contribution in [1.29, 1.82) is 0 Å². The fourth-order valence-corrected chi connectivity index (χ4v) is 3.37. The number of aldehydes is 1. The van der Waals surface area contributed by atoms with Gasteiger partial charge in [-0.05, 0) is 42.3 Å². The molecular weight excluding hydrogens is 378 g/mol. The van der Waals surface area contributed by atoms with Gasteiger partial charge in [-0.2, -0.15) is 0 Å². The number of oxazole rings is 1. The molecule has 0 fully saturated rings. The lowest BCUT2D eigenvalue weighted by molar-refractivity contribution is -0.108. The monoisotopic (exact) mass is 399 g/mol. The normalized spacial score (nSPS) is 12.3. The summed E-state index contributed by atoms with van der Waals surface area (Å²) in [6.07, 6.45) is 1.08. The van der Waals surface area contributed by atoms with Crippen LogP contribution in [0.3, 0.4) is 0 Å². The van der Waals surface area contributed by atoms with Crippen LogP contribution in [0.25, 0.3) is 11.5 Å². The fraction of sp³-hybridized carbons (Fsp3) is 0.273. The summed E-state index contributed by atoms with van der Waals surface area (Å²) in [5.74, 6) is 0.813. The quantitative estimate of drug-likeness (QED) is 0.530. The van der Waals surface area contributed by atoms with Gasteiger partial charge >= 0.3 is 0 Å². The Morgan fingerprint density at radius 1 is 1.14 bits per heavy atom. The zero-order valence-electron chi connectivity index (χ0n) is 15.9. The number of carbonyl (C=O) groups is 1. The second-order valence-electron chi connectivity index (χ2n) is 7.09. The lowest BCUT2D eigenvalue weighted by Crippen LogP contribution is -2.06. The lowest BCUT2D eigenvalue weighted by Gasteiger charge is -2.16. The third-order valence-corrected chi connectivity index (χ3v) is 4.92. The molecule has 0 aliphatic heterocycles. The Morgan fingerprint density at radius 2 is 1.89 bits per heavy atom. The van der Waals surface area contributed by atoms with Gasteiger partial charge in [0.1, 0.15) is 23.5 Å². The van der Waals surface area contributed by atoms with E-state index in [9.17, 15) is 15.0 Å². The van der Waals surface area contributed by atoms with E-state index in [0.717, 1.165) is 17.4 Å². The van der Waals surface area contributed by atoms with Gasteiger partial charge in [0, 0.05) is 23.3 Å². The predicted octanol–water partition coefficient (Wildman–Crippen LogP) is 5.56. The minimum Gasteiger partial charge on any atom is -0.508 e. The van der Waals surface area contributed by atoms with Crippen molar-refractivity contribution >= 4 is 17.9 Å². The van der Waals surface area contributed by atoms with Crippen LogP contribution in [0, 0.1) is 6.92 Å². The van der Waals surface area contributed by atoms with E-state index in [-0.39, 0.29) is 35.6 Å². The molecule has 0 amide bonds. The second kappa shape index (κ2) is 8.07. The van der Waals surface area contributed by atoms with Crippen LogP contribution in [0.4, 0.5) is 0 Å². The highest BCUT2D eigenvalue weighted by Gasteiger charge is 2.27. The maximum atomic E-state index is 11.4. The van der Waals surface area contributed by atoms with E-state index in [0.29, 0.717) is 22.0 Å². The van der Waals surface area contributed by atoms with Crippen molar-refractivity contribution in [3.05, 3.63) is 64.0 Å². The molecule has 2 N–H and O–H groups in total. The number of carbonyl (C=O) groups excluding carboxylic acids is 1. The molecule has 1 aromatic heterocycles. The summed E-state index contributed by atoms with van der Waals surface area (Å²) in [4.78, 5) is 16.0. The molecule has 5 nitrogen and oxygen atoms in total. The first-order chi connectivity index (χ1) is 13.3. The first kappa shape index (κ1) is 20.0. The van der Waals surface area contributed by atoms with Crippen LogP contribution in [0.15, 0.2) is 40.8 Å². The topological polar surface area (TPSA) is 83.6 Å². The van der Waals surface area contributed by atoms with E-state index in [1.165, 1.54) is 6.07 Å². The van der Waals surface area contributed by atoms with E-state index in [1.54, 1.807) is 31.2 Å². The smallest absolute Gasteiger partial charge is 0.230 e. The Hall–Kier alpha value is -2.79. The highest BCUT2D eigenvalue weighted by Crippen LogP contribution is 2.39. The SMILES string of the molecule is Cc1cc(C(CC=O)c2nc(-c3ccc(Cl)cc3O)oc2C(C)C)ccc1O. The Balaban J connectivity index is 2.15. The van der Waals surface area contributed by atoms with Gasteiger partial charge in [0.05, 0.1) is 11.3 Å². The van der Waals surface area contributed by atoms with Crippen LogP contribution in [-0.2, 0) is 4.79 Å². The third kappa shape index (κ3) is 3.90. The zero-order valence-corrected chi connectivity index (χ0v) is 16.7. The molecule has 0 aliphatic carbocycles. The van der Waals surface area contributed by atoms with Crippen molar-refractivity contribution in [2.24, 2.45) is 0 Å². The van der Waals surface area contributed by atoms with Crippen molar-refractivity contribution < 1.29 is 19.4 Å². The summed E-state index contributed by atoms with van der Waals surface area (Å²) in [7, 11) is 0. The van der Waals surface area contributed by atoms with E-state index >= 15 is 0 Å². The molecule has 6 heteroatoms. The van der Waals surface area contributed by atoms with Gasteiger partial charge in [-0.25, -0.2) is 4.98 Å². The highest BCUT2D eigenvalue weighted by atomic mass is 35.5. The maximum Gasteiger partial charge on any atom is 0.230 e. The molecule has 1 heterocycles. The van der Waals surface area contributed by atoms with Crippen molar-refractivity contribution in [2.45, 2.75) is 39.0 Å². The maximum absolute atomic E-state index is 11.4. The first-order valence-corrected chi connectivity index (χ1v) is 9.42. The molecule has 0 saturated carbocycles. The van der Waals surface area contributed by atoms with E-state index in [1.807, 2.05) is 19.9 Å². The molecule has 0 saturated heterocycles. The lowest BCUT2D eigenvalue weighted by atomic mass is 9.89. The van der Waals surface area contributed by atoms with Crippen molar-refractivity contribution in [3.63, 3.8) is 0 Å². The summed E-state index contributed by atoms with van der Waals surface area (Å²) in [6, 6.07) is 9.99. The van der Waals surface area contributed by atoms with Crippen molar-refractivity contribution in [3.8, 4) is 23.0 Å². The van der Waals surface area contributed by atoms with Gasteiger partial charge in [0.25, 0.3) is 0 Å². The Kier molecular flexibility index (Phi) is 5.75. The summed E-state index contributed by atoms with van der Waals surface area (Å²) in [5, 5.41) is 20.5. The molecular formula is C22H22ClNO4. The molecule has 3 rings (SSSR count). The van der Waals surface area contributed by atoms with Gasteiger partial charge in [-0.3, -0.25) is 0 Å². The number of hydrogen-bond donors (Lipinski definition) is 2. The number of halogens is 1. The second-order valence-corrected chi connectivity index (χ2v) is 7.52. The largest absolute Gasteiger partial charge is 0.508 e. The minimum absolute atomic E-state index is 0.0250. The molecule has 3 aromatic rings. The molecule has 0 radical (unpaired) electrons. The number of aromatic nitrogens is 1. The number of rotatable bonds is 6. The molecule has 0 bridgehead atoms. The van der Waals surface area contributed by atoms with Crippen LogP contribution in [0.5, 0.6) is 11.5 Å². The molecule has 1 unspecified atom stereocenters. The average Bonchev–Trinajstić information content (AvgIpc) is 3.07. The minimum atomic E-state index is -0.318. The fourth-order valence-electron chi connectivity index (χ4n) is 3.21. The van der Waals surface area contributed by atoms with Crippen LogP contribution < -0.4 is 0 Å². The van der Waals surface area contributed by atoms with Gasteiger partial charge < -0.3 is 19.4 Å². The van der Waals surface area contributed by atoms with E-state index < -0.39 is 0 Å². The van der Waals surface area contributed by atoms with Crippen molar-refractivity contribution in [1.82, 2.24) is 4.98 Å². The molecule has 2 aromatic carbocycles. The number of phenols is 2. The summed E-state index contributed by atoms with van der Waals surface area (Å²) < 4.78 is 6.01. The van der Waals surface area contributed by atoms with E-state index in [2.05, 4.69) is 4.98 Å². The molecule has 0 aliphatic rings. The number of aromatic hydroxyl groups is 2. The zero-order chi connectivity index (χ0) is 20.4. The number of aryl methyl sites for hydroxylation is 1. The standard InChI is InChI=1S/C22H22ClNO4/c1-12(2)21-20(16(8-9-25)14-4-7-18(26)13(3)10-14)24-22(28-21)17-6-5-15(23)11-19(17)27/h4-7,9-12,16,26-27H,8H2,1-3H3. The molecule has 28 heavy (non-hydrogen) atoms. The summed E-state index contributed by atoms with van der Waals surface area (Å²) >= 11 is 5.92. The molecule has 0 spiro atoms. The third-order valence-electron chi connectivity index (χ3n) is 4.68. The van der Waals surface area contributed by atoms with Crippen LogP contribution >= 0.6 is 11.6 Å². The number of phenolic OH excluding ortho intramolecular Hbond substituents is 2. The summed E-state index contributed by atoms with van der Waals surface area (Å²) in [5.41, 5.74) is 2.67. The van der Waals surface area contributed by atoms with E-state index in [4.69, 9.17) is 16.0 Å². The van der Waals surface area contributed by atoms with Gasteiger partial charge in [0.15, 0.2) is 0 Å². The van der Waals surface area contributed by atoms with Crippen LogP contribution in [0.2, 0.25) is 5.02 Å². The number of nitrogens with zero attached hydrogens (tertiary/aromatic N) is 1. The highest BCUT2D eigenvalue weighted by molar-refractivity contribution is 6.30. The molecule has 146 valence electrons. The average molecular weight is 400 g/mol. The Labute approximate surface area is 168 Å². The number of hydrogen-bond acceptors (Lipinski definition) is 5. The predicted molar refractivity (Wildman–Crippen MR) is 108 cm³/mol. The summed E-state index contributed by atoms with van der Waals surface area (Å²) in [6.45, 7) is 5.77. The van der Waals surface area contributed by atoms with Crippen LogP contribution in [0.1, 0.15) is 54.7 Å². The van der Waals surface area contributed by atoms with Crippen molar-refractivity contribution in [2.75, 3.05) is 0 Å². The number of benzene rings is 2. The Bertz CT molecular complexity index is 1010. The van der Waals surface area contributed by atoms with Crippen LogP contribution in [-0.4, -0.2) is 21.5 Å².